The lowest BCUT2D eigenvalue weighted by Gasteiger charge is -2.24. The Kier molecular flexibility index (Phi) is 3.88. The molecule has 3 heteroatoms. The highest BCUT2D eigenvalue weighted by atomic mass is 19.1. The molecule has 1 atom stereocenters. The van der Waals surface area contributed by atoms with Crippen molar-refractivity contribution in [3.05, 3.63) is 71.2 Å². The molecule has 2 aromatic carbocycles. The third-order valence-corrected chi connectivity index (χ3v) is 4.82. The Labute approximate surface area is 135 Å². The number of aromatic nitrogens is 1. The Hall–Kier alpha value is -2.13. The number of benzene rings is 2. The van der Waals surface area contributed by atoms with E-state index in [1.807, 2.05) is 12.1 Å². The fourth-order valence-electron chi connectivity index (χ4n) is 3.67. The first-order chi connectivity index (χ1) is 11.3. The van der Waals surface area contributed by atoms with Crippen molar-refractivity contribution in [1.29, 1.82) is 0 Å². The topological polar surface area (TPSA) is 27.8 Å². The number of fused-ring (bicyclic) bond motifs is 3. The Morgan fingerprint density at radius 1 is 1.13 bits per heavy atom. The normalized spacial score (nSPS) is 17.3. The van der Waals surface area contributed by atoms with Crippen molar-refractivity contribution < 1.29 is 4.39 Å². The van der Waals surface area contributed by atoms with E-state index in [4.69, 9.17) is 0 Å². The van der Waals surface area contributed by atoms with Crippen LogP contribution in [0.4, 0.5) is 4.39 Å². The predicted molar refractivity (Wildman–Crippen MR) is 92.1 cm³/mol. The molecule has 0 spiro atoms. The second-order valence-corrected chi connectivity index (χ2v) is 6.34. The number of rotatable bonds is 4. The van der Waals surface area contributed by atoms with E-state index in [0.29, 0.717) is 6.04 Å². The highest BCUT2D eigenvalue weighted by Gasteiger charge is 2.23. The number of hydrogen-bond donors (Lipinski definition) is 2. The maximum Gasteiger partial charge on any atom is 0.123 e. The van der Waals surface area contributed by atoms with E-state index < -0.39 is 0 Å². The average molecular weight is 308 g/mol. The Morgan fingerprint density at radius 3 is 2.87 bits per heavy atom. The molecular formula is C20H21FN2. The summed E-state index contributed by atoms with van der Waals surface area (Å²) in [7, 11) is 0. The predicted octanol–water partition coefficient (Wildman–Crippen LogP) is 4.52. The molecule has 3 aromatic rings. The lowest BCUT2D eigenvalue weighted by atomic mass is 9.91. The second-order valence-electron chi connectivity index (χ2n) is 6.34. The SMILES string of the molecule is Fc1ccc2[nH]c3c(c2c1)CCCC3NCCc1ccccc1. The monoisotopic (exact) mass is 308 g/mol. The standard InChI is InChI=1S/C20H21FN2/c21-15-9-10-18-17(13-15)16-7-4-8-19(20(16)23-18)22-12-11-14-5-2-1-3-6-14/h1-3,5-6,9-10,13,19,22-23H,4,7-8,11-12H2. The van der Waals surface area contributed by atoms with Crippen LogP contribution in [-0.2, 0) is 12.8 Å². The molecule has 0 bridgehead atoms. The zero-order valence-corrected chi connectivity index (χ0v) is 13.1. The van der Waals surface area contributed by atoms with Crippen LogP contribution in [0.25, 0.3) is 10.9 Å². The maximum atomic E-state index is 13.5. The molecule has 1 aliphatic carbocycles. The summed E-state index contributed by atoms with van der Waals surface area (Å²) in [6.07, 6.45) is 4.35. The van der Waals surface area contributed by atoms with Crippen LogP contribution >= 0.6 is 0 Å². The molecule has 118 valence electrons. The van der Waals surface area contributed by atoms with Crippen molar-refractivity contribution in [3.63, 3.8) is 0 Å². The van der Waals surface area contributed by atoms with Crippen molar-refractivity contribution in [2.45, 2.75) is 31.7 Å². The third kappa shape index (κ3) is 2.89. The summed E-state index contributed by atoms with van der Waals surface area (Å²) in [6.45, 7) is 0.956. The van der Waals surface area contributed by atoms with Gasteiger partial charge in [0.05, 0.1) is 0 Å². The van der Waals surface area contributed by atoms with E-state index in [1.54, 1.807) is 6.07 Å². The molecule has 0 fully saturated rings. The van der Waals surface area contributed by atoms with Gasteiger partial charge in [-0.15, -0.1) is 0 Å². The summed E-state index contributed by atoms with van der Waals surface area (Å²) < 4.78 is 13.5. The van der Waals surface area contributed by atoms with E-state index in [9.17, 15) is 4.39 Å². The van der Waals surface area contributed by atoms with Crippen molar-refractivity contribution in [1.82, 2.24) is 10.3 Å². The van der Waals surface area contributed by atoms with Crippen molar-refractivity contribution in [2.75, 3.05) is 6.54 Å². The van der Waals surface area contributed by atoms with Gasteiger partial charge in [0.2, 0.25) is 0 Å². The van der Waals surface area contributed by atoms with Crippen molar-refractivity contribution >= 4 is 10.9 Å². The summed E-state index contributed by atoms with van der Waals surface area (Å²) in [5, 5.41) is 4.73. The Balaban J connectivity index is 1.52. The van der Waals surface area contributed by atoms with Gasteiger partial charge in [-0.3, -0.25) is 0 Å². The minimum atomic E-state index is -0.154. The number of aromatic amines is 1. The molecule has 0 saturated heterocycles. The summed E-state index contributed by atoms with van der Waals surface area (Å²) in [5.74, 6) is -0.154. The Morgan fingerprint density at radius 2 is 2.00 bits per heavy atom. The average Bonchev–Trinajstić information content (AvgIpc) is 2.95. The van der Waals surface area contributed by atoms with E-state index in [1.165, 1.54) is 22.9 Å². The Bertz CT molecular complexity index is 807. The summed E-state index contributed by atoms with van der Waals surface area (Å²) in [6, 6.07) is 15.9. The van der Waals surface area contributed by atoms with Crippen LogP contribution in [-0.4, -0.2) is 11.5 Å². The third-order valence-electron chi connectivity index (χ3n) is 4.82. The van der Waals surface area contributed by atoms with Gasteiger partial charge in [-0.1, -0.05) is 30.3 Å². The van der Waals surface area contributed by atoms with Gasteiger partial charge in [-0.05, 0) is 61.6 Å². The fourth-order valence-corrected chi connectivity index (χ4v) is 3.67. The molecule has 4 rings (SSSR count). The largest absolute Gasteiger partial charge is 0.357 e. The first kappa shape index (κ1) is 14.5. The minimum Gasteiger partial charge on any atom is -0.357 e. The molecule has 2 N–H and O–H groups in total. The molecule has 2 nitrogen and oxygen atoms in total. The van der Waals surface area contributed by atoms with Crippen molar-refractivity contribution in [3.8, 4) is 0 Å². The summed E-state index contributed by atoms with van der Waals surface area (Å²) in [4.78, 5) is 3.51. The van der Waals surface area contributed by atoms with E-state index >= 15 is 0 Å². The van der Waals surface area contributed by atoms with Gasteiger partial charge in [-0.25, -0.2) is 4.39 Å². The van der Waals surface area contributed by atoms with Crippen LogP contribution in [0.2, 0.25) is 0 Å². The van der Waals surface area contributed by atoms with Gasteiger partial charge < -0.3 is 10.3 Å². The fraction of sp³-hybridized carbons (Fsp3) is 0.300. The zero-order valence-electron chi connectivity index (χ0n) is 13.1. The number of nitrogens with one attached hydrogen (secondary N) is 2. The zero-order chi connectivity index (χ0) is 15.6. The van der Waals surface area contributed by atoms with Crippen LogP contribution < -0.4 is 5.32 Å². The molecule has 1 aliphatic rings. The van der Waals surface area contributed by atoms with Crippen LogP contribution in [0.1, 0.15) is 35.7 Å². The van der Waals surface area contributed by atoms with Crippen LogP contribution in [0.3, 0.4) is 0 Å². The highest BCUT2D eigenvalue weighted by Crippen LogP contribution is 2.34. The van der Waals surface area contributed by atoms with Gasteiger partial charge in [0.15, 0.2) is 0 Å². The van der Waals surface area contributed by atoms with Gasteiger partial charge in [0, 0.05) is 22.6 Å². The first-order valence-corrected chi connectivity index (χ1v) is 8.38. The lowest BCUT2D eigenvalue weighted by molar-refractivity contribution is 0.456. The van der Waals surface area contributed by atoms with Gasteiger partial charge in [-0.2, -0.15) is 0 Å². The molecule has 0 aliphatic heterocycles. The van der Waals surface area contributed by atoms with Crippen LogP contribution in [0, 0.1) is 5.82 Å². The molecule has 23 heavy (non-hydrogen) atoms. The van der Waals surface area contributed by atoms with Crippen LogP contribution in [0.15, 0.2) is 48.5 Å². The summed E-state index contributed by atoms with van der Waals surface area (Å²) in [5.41, 5.74) is 4.95. The quantitative estimate of drug-likeness (QED) is 0.729. The smallest absolute Gasteiger partial charge is 0.123 e. The number of aryl methyl sites for hydroxylation is 1. The molecule has 1 aromatic heterocycles. The summed E-state index contributed by atoms with van der Waals surface area (Å²) >= 11 is 0. The minimum absolute atomic E-state index is 0.154. The second kappa shape index (κ2) is 6.17. The molecule has 1 heterocycles. The highest BCUT2D eigenvalue weighted by molar-refractivity contribution is 5.85. The molecule has 1 unspecified atom stereocenters. The van der Waals surface area contributed by atoms with E-state index in [-0.39, 0.29) is 5.82 Å². The molecule has 0 saturated carbocycles. The number of halogens is 1. The van der Waals surface area contributed by atoms with Gasteiger partial charge in [0.25, 0.3) is 0 Å². The maximum absolute atomic E-state index is 13.5. The molecular weight excluding hydrogens is 287 g/mol. The number of H-pyrrole nitrogens is 1. The van der Waals surface area contributed by atoms with Crippen molar-refractivity contribution in [2.24, 2.45) is 0 Å². The molecule has 0 amide bonds. The first-order valence-electron chi connectivity index (χ1n) is 8.38. The van der Waals surface area contributed by atoms with Gasteiger partial charge in [0.1, 0.15) is 5.82 Å². The van der Waals surface area contributed by atoms with Crippen LogP contribution in [0.5, 0.6) is 0 Å². The molecule has 0 radical (unpaired) electrons. The van der Waals surface area contributed by atoms with E-state index in [2.05, 4.69) is 34.6 Å². The number of hydrogen-bond acceptors (Lipinski definition) is 1. The lowest BCUT2D eigenvalue weighted by Crippen LogP contribution is -2.27. The van der Waals surface area contributed by atoms with E-state index in [0.717, 1.165) is 43.1 Å². The van der Waals surface area contributed by atoms with Gasteiger partial charge >= 0.3 is 0 Å².